The molecule has 3 rings (SSSR count). The predicted molar refractivity (Wildman–Crippen MR) is 494 cm³/mol. The molecule has 1 aromatic heterocycles. The fraction of sp³-hybridized carbons (Fsp3) is 0.586. The zero-order valence-electron chi connectivity index (χ0n) is 78.5. The number of aliphatic hydroxyl groups excluding tert-OH is 2. The van der Waals surface area contributed by atoms with Gasteiger partial charge in [0, 0.05) is 68.7 Å². The van der Waals surface area contributed by atoms with E-state index in [1.807, 2.05) is 0 Å². The third-order valence-corrected chi connectivity index (χ3v) is 21.1. The summed E-state index contributed by atoms with van der Waals surface area (Å²) < 4.78 is 0. The van der Waals surface area contributed by atoms with Crippen LogP contribution >= 0.6 is 0 Å². The Morgan fingerprint density at radius 2 is 0.674 bits per heavy atom. The summed E-state index contributed by atoms with van der Waals surface area (Å²) in [5.41, 5.74) is 29.0. The van der Waals surface area contributed by atoms with Gasteiger partial charge in [0.15, 0.2) is 18.0 Å². The highest BCUT2D eigenvalue weighted by molar-refractivity contribution is 6.02. The van der Waals surface area contributed by atoms with Gasteiger partial charge in [-0.25, -0.2) is 4.79 Å². The van der Waals surface area contributed by atoms with E-state index in [1.54, 1.807) is 79.7 Å². The Hall–Kier alpha value is -14.4. The van der Waals surface area contributed by atoms with E-state index < -0.39 is 317 Å². The molecule has 16 atom stereocenters. The number of guanidine groups is 2. The Balaban J connectivity index is 2.13. The molecule has 51 nitrogen and oxygen atoms in total. The standard InChI is InChI=1S/C87H136N24O27/c1-41(2)32-57(103-71(123)50(88)15-12-30-95-86(91)92)77(129)109-63(38-69(121)122)82(134)98-52(17-13-31-96-87(93)94)72(124)100-55(24-28-67(117)118)73(125)99-53(22-26-65(89)115)74(126)104-58(33-42(3)4)78(130)107-61(36-46-18-20-48(114)21-19-46)80(132)108-62(37-47-39-97-51-16-11-10-14-49(47)51)81(133)101-56(25-29-68(119)120)76(128)105-59(34-43(5)6)79(131)110-64(40-112)84(136)102-54(23-27-66(90)116)75(127)106-60(35-44(7)8)83(135)111-70(45(9)113)85(137)138/h10-11,14,16,18-21,39,41-45,50,52-64,70,97,112-114H,12-13,15,17,22-38,40,88H2,1-9H3,(H2,89,115)(H2,90,116)(H,98,134)(H,99,125)(H,100,124)(H,101,133)(H,102,136)(H,103,123)(H,104,126)(H,105,128)(H,106,127)(H,107,130)(H,108,132)(H,109,129)(H,110,131)(H,111,135)(H,117,118)(H,119,120)(H,121,122)(H,137,138)(H4,91,92,95)(H4,93,94,96)/t45-,50+,52+,53+,54+,55+,56+,57+,58+,59+,60+,61+,62+,63+,64+,70+/m1/s1. The van der Waals surface area contributed by atoms with Crippen LogP contribution in [0.2, 0.25) is 0 Å². The van der Waals surface area contributed by atoms with E-state index >= 15 is 14.4 Å². The van der Waals surface area contributed by atoms with Crippen LogP contribution in [0.5, 0.6) is 5.75 Å². The summed E-state index contributed by atoms with van der Waals surface area (Å²) in [6.07, 6.45) is -8.73. The summed E-state index contributed by atoms with van der Waals surface area (Å²) in [5.74, 6) is -27.3. The molecule has 0 saturated heterocycles. The molecule has 36 N–H and O–H groups in total. The highest BCUT2D eigenvalue weighted by Crippen LogP contribution is 2.22. The van der Waals surface area contributed by atoms with Crippen LogP contribution < -0.4 is 114 Å². The number of aliphatic hydroxyl groups is 2. The number of aromatic nitrogens is 1. The lowest BCUT2D eigenvalue weighted by Crippen LogP contribution is -2.62. The van der Waals surface area contributed by atoms with Crippen LogP contribution in [-0.4, -0.2) is 287 Å². The molecule has 0 unspecified atom stereocenters. The van der Waals surface area contributed by atoms with Crippen molar-refractivity contribution in [3.05, 3.63) is 65.9 Å². The van der Waals surface area contributed by atoms with Gasteiger partial charge in [0.25, 0.3) is 0 Å². The van der Waals surface area contributed by atoms with Gasteiger partial charge >= 0.3 is 23.9 Å². The lowest BCUT2D eigenvalue weighted by molar-refractivity contribution is -0.145. The van der Waals surface area contributed by atoms with Crippen molar-refractivity contribution < 1.29 is 132 Å². The number of primary amides is 2. The number of rotatable bonds is 65. The number of carboxylic acid groups (broad SMARTS) is 4. The van der Waals surface area contributed by atoms with Gasteiger partial charge < -0.3 is 154 Å². The molecule has 1 heterocycles. The fourth-order valence-electron chi connectivity index (χ4n) is 14.0. The number of hydrogen-bond donors (Lipinski definition) is 31. The number of hydrogen-bond acceptors (Lipinski definition) is 26. The molecule has 3 aromatic rings. The quantitative estimate of drug-likeness (QED) is 0.0142. The first-order chi connectivity index (χ1) is 64.7. The average molecular weight is 1950 g/mol. The highest BCUT2D eigenvalue weighted by atomic mass is 16.4. The van der Waals surface area contributed by atoms with Crippen molar-refractivity contribution in [2.24, 2.45) is 52.3 Å². The Kier molecular flexibility index (Phi) is 50.7. The lowest BCUT2D eigenvalue weighted by Gasteiger charge is -2.29. The van der Waals surface area contributed by atoms with Gasteiger partial charge in [-0.2, -0.15) is 0 Å². The fourth-order valence-corrected chi connectivity index (χ4v) is 14.0. The number of phenolic OH excluding ortho intramolecular Hbond substituents is 1. The van der Waals surface area contributed by atoms with Crippen molar-refractivity contribution in [1.29, 1.82) is 10.8 Å². The van der Waals surface area contributed by atoms with Crippen molar-refractivity contribution in [3.8, 4) is 5.75 Å². The molecule has 0 aliphatic rings. The number of carboxylic acids is 4. The number of aromatic amines is 1. The van der Waals surface area contributed by atoms with Gasteiger partial charge in [-0.15, -0.1) is 0 Å². The van der Waals surface area contributed by atoms with E-state index in [-0.39, 0.29) is 87.1 Å². The van der Waals surface area contributed by atoms with Gasteiger partial charge in [0.05, 0.1) is 25.2 Å². The average Bonchev–Trinajstić information content (AvgIpc) is 1.68. The SMILES string of the molecule is CC(C)C[C@H](NC(=O)[C@H](CCC(N)=O)NC(=O)[C@H](CCC(=O)O)NC(=O)[C@H](CCCNC(=N)N)NC(=O)[C@H](CC(=O)O)NC(=O)[C@H](CC(C)C)NC(=O)[C@@H](N)CCCNC(=N)N)C(=O)N[C@@H](Cc1ccc(O)cc1)C(=O)N[C@@H](Cc1c[nH]c2ccccc12)C(=O)N[C@@H](CCC(=O)O)C(=O)N[C@@H](CC(C)C)C(=O)N[C@@H](CO)C(=O)N[C@@H](CCC(N)=O)C(=O)N[C@@H](CC(C)C)C(=O)N[C@H](C(=O)O)[C@@H](C)O. The number of carbonyl (C=O) groups is 20. The molecule has 0 aliphatic heterocycles. The summed E-state index contributed by atoms with van der Waals surface area (Å²) in [7, 11) is 0. The molecule has 0 saturated carbocycles. The summed E-state index contributed by atoms with van der Waals surface area (Å²) in [4.78, 5) is 279. The van der Waals surface area contributed by atoms with Gasteiger partial charge in [-0.3, -0.25) is 102 Å². The minimum atomic E-state index is -2.00. The first-order valence-electron chi connectivity index (χ1n) is 44.9. The second-order valence-corrected chi connectivity index (χ2v) is 35.0. The third kappa shape index (κ3) is 44.4. The normalized spacial score (nSPS) is 14.7. The van der Waals surface area contributed by atoms with Crippen LogP contribution in [0.3, 0.4) is 0 Å². The van der Waals surface area contributed by atoms with Gasteiger partial charge in [-0.05, 0) is 137 Å². The zero-order valence-corrected chi connectivity index (χ0v) is 78.5. The summed E-state index contributed by atoms with van der Waals surface area (Å²) in [6.45, 7) is 13.1. The van der Waals surface area contributed by atoms with Crippen LogP contribution in [0.15, 0.2) is 54.7 Å². The lowest BCUT2D eigenvalue weighted by atomic mass is 9.99. The monoisotopic (exact) mass is 1950 g/mol. The predicted octanol–water partition coefficient (Wildman–Crippen LogP) is -6.32. The summed E-state index contributed by atoms with van der Waals surface area (Å²) >= 11 is 0. The number of carbonyl (C=O) groups excluding carboxylic acids is 16. The Labute approximate surface area is 795 Å². The molecular weight excluding hydrogens is 1810 g/mol. The number of H-pyrrole nitrogens is 1. The van der Waals surface area contributed by atoms with E-state index in [0.29, 0.717) is 16.5 Å². The molecule has 0 spiro atoms. The molecule has 2 aromatic carbocycles. The topological polar surface area (TPSA) is 869 Å². The Morgan fingerprint density at radius 3 is 1.04 bits per heavy atom. The third-order valence-electron chi connectivity index (χ3n) is 21.1. The summed E-state index contributed by atoms with van der Waals surface area (Å²) in [6, 6.07) is -14.4. The molecule has 138 heavy (non-hydrogen) atoms. The highest BCUT2D eigenvalue weighted by Gasteiger charge is 2.41. The molecule has 766 valence electrons. The number of amides is 16. The Bertz CT molecular complexity index is 4720. The van der Waals surface area contributed by atoms with Gasteiger partial charge in [0.2, 0.25) is 94.5 Å². The van der Waals surface area contributed by atoms with Gasteiger partial charge in [0.1, 0.15) is 84.3 Å². The van der Waals surface area contributed by atoms with Crippen molar-refractivity contribution >= 4 is 141 Å². The van der Waals surface area contributed by atoms with E-state index in [0.717, 1.165) is 6.92 Å². The summed E-state index contributed by atoms with van der Waals surface area (Å²) in [5, 5.41) is 125. The van der Waals surface area contributed by atoms with E-state index in [1.165, 1.54) is 30.5 Å². The minimum absolute atomic E-state index is 0.0577. The number of nitrogens with one attached hydrogen (secondary N) is 19. The van der Waals surface area contributed by atoms with Crippen LogP contribution in [0.25, 0.3) is 10.9 Å². The molecular formula is C87H136N24O27. The van der Waals surface area contributed by atoms with Crippen molar-refractivity contribution in [2.75, 3.05) is 19.7 Å². The first-order valence-corrected chi connectivity index (χ1v) is 44.9. The van der Waals surface area contributed by atoms with Gasteiger partial charge in [-0.1, -0.05) is 85.7 Å². The number of fused-ring (bicyclic) bond motifs is 1. The zero-order chi connectivity index (χ0) is 104. The maximum absolute atomic E-state index is 15.4. The smallest absolute Gasteiger partial charge is 0.328 e. The second kappa shape index (κ2) is 59.5. The first kappa shape index (κ1) is 118. The van der Waals surface area contributed by atoms with Crippen LogP contribution in [0.1, 0.15) is 183 Å². The number of para-hydroxylation sites is 1. The molecule has 16 amide bonds. The maximum atomic E-state index is 15.4. The number of benzene rings is 2. The number of aliphatic carboxylic acids is 4. The van der Waals surface area contributed by atoms with Crippen molar-refractivity contribution in [3.63, 3.8) is 0 Å². The number of aromatic hydroxyl groups is 1. The molecule has 51 heteroatoms. The van der Waals surface area contributed by atoms with E-state index in [9.17, 15) is 117 Å². The molecule has 0 fully saturated rings. The number of phenols is 1. The van der Waals surface area contributed by atoms with E-state index in [2.05, 4.69) is 90.1 Å². The van der Waals surface area contributed by atoms with Crippen LogP contribution in [0, 0.1) is 34.5 Å². The van der Waals surface area contributed by atoms with Crippen LogP contribution in [-0.2, 0) is 109 Å². The van der Waals surface area contributed by atoms with Crippen molar-refractivity contribution in [1.82, 2.24) is 90.1 Å². The second-order valence-electron chi connectivity index (χ2n) is 35.0. The minimum Gasteiger partial charge on any atom is -0.508 e. The maximum Gasteiger partial charge on any atom is 0.328 e. The van der Waals surface area contributed by atoms with Crippen molar-refractivity contribution in [2.45, 2.75) is 281 Å². The molecule has 0 bridgehead atoms. The Morgan fingerprint density at radius 1 is 0.362 bits per heavy atom. The molecule has 0 aliphatic carbocycles. The van der Waals surface area contributed by atoms with Crippen LogP contribution in [0.4, 0.5) is 0 Å². The largest absolute Gasteiger partial charge is 0.508 e. The number of nitrogens with two attached hydrogens (primary N) is 5. The molecule has 0 radical (unpaired) electrons. The van der Waals surface area contributed by atoms with E-state index in [4.69, 9.17) is 39.5 Å².